The molecule has 4 heteroatoms. The average molecular weight is 162 g/mol. The van der Waals surface area contributed by atoms with Crippen LogP contribution in [0.5, 0.6) is 0 Å². The van der Waals surface area contributed by atoms with Gasteiger partial charge in [0, 0.05) is 26.2 Å². The summed E-state index contributed by atoms with van der Waals surface area (Å²) >= 11 is 0. The summed E-state index contributed by atoms with van der Waals surface area (Å²) in [6.45, 7) is 0.759. The number of likely N-dealkylation sites (tertiary alicyclic amines) is 1. The normalized spacial score (nSPS) is 51.5. The van der Waals surface area contributed by atoms with Crippen LogP contribution in [0.4, 0.5) is 8.78 Å². The van der Waals surface area contributed by atoms with Crippen LogP contribution >= 0.6 is 0 Å². The van der Waals surface area contributed by atoms with E-state index in [-0.39, 0.29) is 26.2 Å². The molecule has 1 N–H and O–H groups in total. The first-order valence-corrected chi connectivity index (χ1v) is 3.83. The van der Waals surface area contributed by atoms with E-state index in [9.17, 15) is 8.78 Å². The van der Waals surface area contributed by atoms with E-state index in [0.29, 0.717) is 0 Å². The smallest absolute Gasteiger partial charge is 0.172 e. The van der Waals surface area contributed by atoms with Gasteiger partial charge in [-0.25, -0.2) is 8.78 Å². The minimum absolute atomic E-state index is 0.161. The monoisotopic (exact) mass is 162 g/mol. The molecule has 2 heterocycles. The van der Waals surface area contributed by atoms with E-state index >= 15 is 0 Å². The van der Waals surface area contributed by atoms with E-state index in [1.807, 2.05) is 0 Å². The van der Waals surface area contributed by atoms with Crippen LogP contribution in [0, 0.1) is 0 Å². The van der Waals surface area contributed by atoms with Crippen molar-refractivity contribution >= 4 is 0 Å². The lowest BCUT2D eigenvalue weighted by molar-refractivity contribution is 0.0491. The highest BCUT2D eigenvalue weighted by molar-refractivity contribution is 5.15. The first kappa shape index (κ1) is 7.43. The lowest BCUT2D eigenvalue weighted by Gasteiger charge is -2.22. The summed E-state index contributed by atoms with van der Waals surface area (Å²) in [4.78, 5) is 1.71. The van der Waals surface area contributed by atoms with Crippen LogP contribution in [0.3, 0.4) is 0 Å². The maximum atomic E-state index is 13.7. The summed E-state index contributed by atoms with van der Waals surface area (Å²) < 4.78 is 27.3. The fourth-order valence-corrected chi connectivity index (χ4v) is 2.08. The third-order valence-electron chi connectivity index (χ3n) is 2.65. The molecule has 0 aliphatic carbocycles. The van der Waals surface area contributed by atoms with E-state index in [4.69, 9.17) is 0 Å². The Kier molecular flexibility index (Phi) is 1.30. The van der Waals surface area contributed by atoms with Gasteiger partial charge in [-0.1, -0.05) is 0 Å². The number of fused-ring (bicyclic) bond motifs is 1. The number of nitrogens with one attached hydrogen (secondary N) is 1. The predicted octanol–water partition coefficient (Wildman–Crippen LogP) is -0.0484. The Labute approximate surface area is 64.6 Å². The highest BCUT2D eigenvalue weighted by Crippen LogP contribution is 2.40. The zero-order valence-corrected chi connectivity index (χ0v) is 6.53. The van der Waals surface area contributed by atoms with Gasteiger partial charge in [0.25, 0.3) is 0 Å². The Morgan fingerprint density at radius 3 is 2.09 bits per heavy atom. The van der Waals surface area contributed by atoms with E-state index < -0.39 is 11.3 Å². The minimum Gasteiger partial charge on any atom is -0.310 e. The Balaban J connectivity index is 2.28. The molecule has 2 rings (SSSR count). The molecule has 0 radical (unpaired) electrons. The fourth-order valence-electron chi connectivity index (χ4n) is 2.08. The molecule has 0 saturated carbocycles. The number of halogens is 2. The van der Waals surface area contributed by atoms with Crippen LogP contribution in [-0.4, -0.2) is 49.5 Å². The highest BCUT2D eigenvalue weighted by atomic mass is 19.2. The van der Waals surface area contributed by atoms with Gasteiger partial charge in [0.15, 0.2) is 11.3 Å². The van der Waals surface area contributed by atoms with Crippen molar-refractivity contribution in [3.05, 3.63) is 0 Å². The molecule has 0 aromatic rings. The predicted molar refractivity (Wildman–Crippen MR) is 38.0 cm³/mol. The van der Waals surface area contributed by atoms with Crippen molar-refractivity contribution in [1.29, 1.82) is 0 Å². The fraction of sp³-hybridized carbons (Fsp3) is 1.00. The van der Waals surface area contributed by atoms with Gasteiger partial charge >= 0.3 is 0 Å². The van der Waals surface area contributed by atoms with Crippen molar-refractivity contribution in [3.8, 4) is 0 Å². The first-order chi connectivity index (χ1) is 5.06. The molecule has 0 aromatic heterocycles. The summed E-state index contributed by atoms with van der Waals surface area (Å²) in [5, 5.41) is 2.75. The lowest BCUT2D eigenvalue weighted by atomic mass is 9.94. The van der Waals surface area contributed by atoms with Gasteiger partial charge in [-0.3, -0.25) is 4.90 Å². The summed E-state index contributed by atoms with van der Waals surface area (Å²) in [7, 11) is 1.75. The van der Waals surface area contributed by atoms with E-state index in [1.54, 1.807) is 11.9 Å². The van der Waals surface area contributed by atoms with Crippen molar-refractivity contribution in [1.82, 2.24) is 10.2 Å². The molecule has 0 bridgehead atoms. The van der Waals surface area contributed by atoms with Crippen molar-refractivity contribution in [2.45, 2.75) is 11.3 Å². The average Bonchev–Trinajstić information content (AvgIpc) is 2.16. The molecular weight excluding hydrogens is 150 g/mol. The topological polar surface area (TPSA) is 15.3 Å². The second kappa shape index (κ2) is 1.93. The van der Waals surface area contributed by atoms with Gasteiger partial charge in [0.05, 0.1) is 0 Å². The van der Waals surface area contributed by atoms with E-state index in [2.05, 4.69) is 5.32 Å². The summed E-state index contributed by atoms with van der Waals surface area (Å²) in [6, 6.07) is 0. The lowest BCUT2D eigenvalue weighted by Crippen LogP contribution is -2.44. The van der Waals surface area contributed by atoms with Gasteiger partial charge < -0.3 is 5.32 Å². The maximum Gasteiger partial charge on any atom is 0.172 e. The Hall–Kier alpha value is -0.220. The largest absolute Gasteiger partial charge is 0.310 e. The van der Waals surface area contributed by atoms with Gasteiger partial charge in [-0.2, -0.15) is 0 Å². The molecule has 2 fully saturated rings. The van der Waals surface area contributed by atoms with Gasteiger partial charge in [-0.05, 0) is 7.05 Å². The zero-order valence-electron chi connectivity index (χ0n) is 6.53. The molecule has 2 aliphatic heterocycles. The zero-order chi connectivity index (χ0) is 8.11. The van der Waals surface area contributed by atoms with Gasteiger partial charge in [0.1, 0.15) is 0 Å². The summed E-state index contributed by atoms with van der Waals surface area (Å²) in [5.41, 5.74) is -3.27. The van der Waals surface area contributed by atoms with Crippen LogP contribution < -0.4 is 5.32 Å². The molecule has 0 amide bonds. The van der Waals surface area contributed by atoms with Crippen molar-refractivity contribution in [2.75, 3.05) is 33.2 Å². The number of alkyl halides is 2. The number of hydrogen-bond acceptors (Lipinski definition) is 2. The molecular formula is C7H12F2N2. The molecule has 0 unspecified atom stereocenters. The van der Waals surface area contributed by atoms with Crippen LogP contribution in [0.2, 0.25) is 0 Å². The third kappa shape index (κ3) is 0.825. The standard InChI is InChI=1S/C7H12F2N2/c1-11-4-6(8)2-10-3-7(6,9)5-11/h10H,2-5H2,1H3/t6-,7+. The summed E-state index contributed by atoms with van der Waals surface area (Å²) in [6.07, 6.45) is 0. The second-order valence-corrected chi connectivity index (χ2v) is 3.71. The summed E-state index contributed by atoms with van der Waals surface area (Å²) in [5.74, 6) is 0. The number of rotatable bonds is 0. The molecule has 11 heavy (non-hydrogen) atoms. The molecule has 2 aliphatic rings. The molecule has 0 aromatic carbocycles. The van der Waals surface area contributed by atoms with Crippen LogP contribution in [0.1, 0.15) is 0 Å². The third-order valence-corrected chi connectivity index (χ3v) is 2.65. The van der Waals surface area contributed by atoms with Gasteiger partial charge in [-0.15, -0.1) is 0 Å². The Bertz CT molecular complexity index is 169. The second-order valence-electron chi connectivity index (χ2n) is 3.71. The molecule has 64 valence electrons. The molecule has 2 saturated heterocycles. The SMILES string of the molecule is CN1C[C@]2(F)CNC[C@]2(F)C1. The quantitative estimate of drug-likeness (QED) is 0.537. The molecule has 2 atom stereocenters. The van der Waals surface area contributed by atoms with Crippen molar-refractivity contribution in [2.24, 2.45) is 0 Å². The van der Waals surface area contributed by atoms with Gasteiger partial charge in [0.2, 0.25) is 0 Å². The van der Waals surface area contributed by atoms with Crippen LogP contribution in [0.25, 0.3) is 0 Å². The Morgan fingerprint density at radius 2 is 1.64 bits per heavy atom. The maximum absolute atomic E-state index is 13.7. The van der Waals surface area contributed by atoms with Crippen molar-refractivity contribution < 1.29 is 8.78 Å². The van der Waals surface area contributed by atoms with E-state index in [0.717, 1.165) is 0 Å². The number of nitrogens with zero attached hydrogens (tertiary/aromatic N) is 1. The highest BCUT2D eigenvalue weighted by Gasteiger charge is 2.62. The van der Waals surface area contributed by atoms with Crippen LogP contribution in [0.15, 0.2) is 0 Å². The molecule has 0 spiro atoms. The van der Waals surface area contributed by atoms with E-state index in [1.165, 1.54) is 0 Å². The van der Waals surface area contributed by atoms with Crippen LogP contribution in [-0.2, 0) is 0 Å². The Morgan fingerprint density at radius 1 is 1.18 bits per heavy atom. The first-order valence-electron chi connectivity index (χ1n) is 3.83. The molecule has 2 nitrogen and oxygen atoms in total. The number of hydrogen-bond donors (Lipinski definition) is 1. The van der Waals surface area contributed by atoms with Crippen molar-refractivity contribution in [3.63, 3.8) is 0 Å². The minimum atomic E-state index is -1.64.